The van der Waals surface area contributed by atoms with Gasteiger partial charge in [-0.15, -0.1) is 20.1 Å². The number of fused-ring (bicyclic) bond motifs is 1. The molecule has 0 saturated heterocycles. The molecule has 0 saturated carbocycles. The topological polar surface area (TPSA) is 118 Å². The molecule has 162 valence electrons. The quantitative estimate of drug-likeness (QED) is 0.414. The molecule has 2 aromatic heterocycles. The minimum atomic E-state index is -3.72. The molecule has 0 fully saturated rings. The molecule has 31 heavy (non-hydrogen) atoms. The van der Waals surface area contributed by atoms with E-state index in [2.05, 4.69) is 35.4 Å². The molecule has 0 aliphatic carbocycles. The molecular formula is C19H17F2N5O4S. The van der Waals surface area contributed by atoms with E-state index in [4.69, 9.17) is 5.11 Å². The molecule has 3 heterocycles. The van der Waals surface area contributed by atoms with Crippen LogP contribution in [0.1, 0.15) is 15.2 Å². The molecule has 12 heteroatoms. The number of hydrogen-bond donors (Lipinski definition) is 4. The van der Waals surface area contributed by atoms with Gasteiger partial charge >= 0.3 is 6.29 Å². The summed E-state index contributed by atoms with van der Waals surface area (Å²) in [7, 11) is 0. The van der Waals surface area contributed by atoms with Crippen molar-refractivity contribution in [2.24, 2.45) is 0 Å². The van der Waals surface area contributed by atoms with Gasteiger partial charge in [0.05, 0.1) is 12.1 Å². The lowest BCUT2D eigenvalue weighted by molar-refractivity contribution is -0.286. The largest absolute Gasteiger partial charge is 0.586 e. The Morgan fingerprint density at radius 3 is 2.81 bits per heavy atom. The number of hydrogen-bond acceptors (Lipinski definition) is 9. The fourth-order valence-corrected chi connectivity index (χ4v) is 3.46. The maximum atomic E-state index is 13.2. The van der Waals surface area contributed by atoms with Gasteiger partial charge in [0.1, 0.15) is 16.5 Å². The number of aromatic nitrogens is 2. The number of nitrogens with one attached hydrogen (secondary N) is 3. The van der Waals surface area contributed by atoms with E-state index in [1.54, 1.807) is 6.20 Å². The van der Waals surface area contributed by atoms with Gasteiger partial charge in [-0.25, -0.2) is 9.97 Å². The van der Waals surface area contributed by atoms with Crippen molar-refractivity contribution in [3.05, 3.63) is 52.5 Å². The fourth-order valence-electron chi connectivity index (χ4n) is 2.80. The third-order valence-electron chi connectivity index (χ3n) is 4.14. The zero-order valence-electron chi connectivity index (χ0n) is 15.9. The summed E-state index contributed by atoms with van der Waals surface area (Å²) in [5, 5.41) is 17.6. The van der Waals surface area contributed by atoms with Gasteiger partial charge in [0.15, 0.2) is 11.5 Å². The molecule has 1 aliphatic rings. The van der Waals surface area contributed by atoms with Crippen molar-refractivity contribution in [2.75, 3.05) is 29.1 Å². The second-order valence-corrected chi connectivity index (χ2v) is 7.22. The van der Waals surface area contributed by atoms with E-state index in [0.29, 0.717) is 29.6 Å². The maximum absolute atomic E-state index is 13.2. The Hall–Kier alpha value is -3.51. The van der Waals surface area contributed by atoms with Crippen molar-refractivity contribution >= 4 is 34.6 Å². The smallest absolute Gasteiger partial charge is 0.395 e. The number of alkyl halides is 2. The molecule has 0 unspecified atom stereocenters. The number of ether oxygens (including phenoxy) is 2. The molecule has 1 amide bonds. The number of benzene rings is 1. The molecular weight excluding hydrogens is 432 g/mol. The molecule has 0 radical (unpaired) electrons. The molecule has 1 aromatic carbocycles. The zero-order valence-corrected chi connectivity index (χ0v) is 16.7. The van der Waals surface area contributed by atoms with Gasteiger partial charge in [0, 0.05) is 31.0 Å². The van der Waals surface area contributed by atoms with Crippen LogP contribution in [0.2, 0.25) is 0 Å². The van der Waals surface area contributed by atoms with Crippen LogP contribution in [0.3, 0.4) is 0 Å². The van der Waals surface area contributed by atoms with Crippen molar-refractivity contribution in [1.29, 1.82) is 0 Å². The van der Waals surface area contributed by atoms with E-state index in [1.807, 2.05) is 12.1 Å². The SMILES string of the molecule is O=C(Nc1ccc2c(c1)OC(F)(F)O2)c1scnc1NCc1ccnc(NCCO)c1. The van der Waals surface area contributed by atoms with Gasteiger partial charge < -0.3 is 30.5 Å². The van der Waals surface area contributed by atoms with Gasteiger partial charge in [-0.05, 0) is 29.8 Å². The molecule has 0 spiro atoms. The Labute approximate surface area is 179 Å². The van der Waals surface area contributed by atoms with Crippen molar-refractivity contribution < 1.29 is 28.2 Å². The lowest BCUT2D eigenvalue weighted by Crippen LogP contribution is -2.25. The third-order valence-corrected chi connectivity index (χ3v) is 4.96. The number of nitrogens with zero attached hydrogens (tertiary/aromatic N) is 2. The Morgan fingerprint density at radius 1 is 1.13 bits per heavy atom. The van der Waals surface area contributed by atoms with E-state index in [0.717, 1.165) is 16.9 Å². The standard InChI is InChI=1S/C19H17F2N5O4S/c20-19(21)29-13-2-1-12(8-14(13)30-19)26-18(28)16-17(25-10-31-16)24-9-11-3-4-22-15(7-11)23-5-6-27/h1-4,7-8,10,24,27H,5-6,9H2,(H,22,23)(H,26,28). The van der Waals surface area contributed by atoms with Gasteiger partial charge in [-0.2, -0.15) is 0 Å². The van der Waals surface area contributed by atoms with Crippen molar-refractivity contribution in [3.63, 3.8) is 0 Å². The number of carbonyl (C=O) groups excluding carboxylic acids is 1. The summed E-state index contributed by atoms with van der Waals surface area (Å²) in [5.74, 6) is 0.298. The number of carbonyl (C=O) groups is 1. The summed E-state index contributed by atoms with van der Waals surface area (Å²) < 4.78 is 35.0. The minimum Gasteiger partial charge on any atom is -0.395 e. The first-order valence-electron chi connectivity index (χ1n) is 9.12. The number of amides is 1. The van der Waals surface area contributed by atoms with Gasteiger partial charge in [0.2, 0.25) is 0 Å². The van der Waals surface area contributed by atoms with Crippen molar-refractivity contribution in [3.8, 4) is 11.5 Å². The average molecular weight is 449 g/mol. The van der Waals surface area contributed by atoms with Crippen LogP contribution in [-0.2, 0) is 6.54 Å². The molecule has 4 N–H and O–H groups in total. The number of halogens is 2. The summed E-state index contributed by atoms with van der Waals surface area (Å²) >= 11 is 1.14. The second-order valence-electron chi connectivity index (χ2n) is 6.37. The van der Waals surface area contributed by atoms with Crippen LogP contribution in [0.5, 0.6) is 11.5 Å². The van der Waals surface area contributed by atoms with Gasteiger partial charge in [-0.1, -0.05) is 0 Å². The maximum Gasteiger partial charge on any atom is 0.586 e. The highest BCUT2D eigenvalue weighted by Gasteiger charge is 2.43. The number of rotatable bonds is 8. The lowest BCUT2D eigenvalue weighted by atomic mass is 10.2. The second kappa shape index (κ2) is 8.70. The van der Waals surface area contributed by atoms with E-state index in [1.165, 1.54) is 23.7 Å². The van der Waals surface area contributed by atoms with Crippen LogP contribution in [-0.4, -0.2) is 40.4 Å². The molecule has 3 aromatic rings. The molecule has 9 nitrogen and oxygen atoms in total. The average Bonchev–Trinajstić information content (AvgIpc) is 3.33. The summed E-state index contributed by atoms with van der Waals surface area (Å²) in [6.45, 7) is 0.768. The van der Waals surface area contributed by atoms with Crippen LogP contribution >= 0.6 is 11.3 Å². The minimum absolute atomic E-state index is 0.00670. The fraction of sp³-hybridized carbons (Fsp3) is 0.211. The predicted molar refractivity (Wildman–Crippen MR) is 110 cm³/mol. The Bertz CT molecular complexity index is 1090. The first kappa shape index (κ1) is 20.8. The summed E-state index contributed by atoms with van der Waals surface area (Å²) in [4.78, 5) is 21.3. The Balaban J connectivity index is 1.40. The van der Waals surface area contributed by atoms with Gasteiger partial charge in [0.25, 0.3) is 5.91 Å². The third kappa shape index (κ3) is 4.98. The highest BCUT2D eigenvalue weighted by atomic mass is 32.1. The van der Waals surface area contributed by atoms with Crippen LogP contribution in [0.4, 0.5) is 26.1 Å². The normalized spacial score (nSPS) is 13.6. The number of aliphatic hydroxyl groups is 1. The first-order chi connectivity index (χ1) is 14.9. The van der Waals surface area contributed by atoms with Crippen molar-refractivity contribution in [2.45, 2.75) is 12.8 Å². The van der Waals surface area contributed by atoms with Crippen LogP contribution < -0.4 is 25.4 Å². The summed E-state index contributed by atoms with van der Waals surface area (Å²) in [6, 6.07) is 7.63. The van der Waals surface area contributed by atoms with E-state index < -0.39 is 12.2 Å². The highest BCUT2D eigenvalue weighted by Crippen LogP contribution is 2.42. The number of aliphatic hydroxyl groups excluding tert-OH is 1. The van der Waals surface area contributed by atoms with E-state index >= 15 is 0 Å². The molecule has 0 bridgehead atoms. The first-order valence-corrected chi connectivity index (χ1v) is 10.00. The summed E-state index contributed by atoms with van der Waals surface area (Å²) in [6.07, 6.45) is -2.09. The highest BCUT2D eigenvalue weighted by molar-refractivity contribution is 7.12. The Kier molecular flexibility index (Phi) is 5.82. The van der Waals surface area contributed by atoms with E-state index in [-0.39, 0.29) is 23.8 Å². The molecule has 4 rings (SSSR count). The number of anilines is 3. The molecule has 1 aliphatic heterocycles. The van der Waals surface area contributed by atoms with Gasteiger partial charge in [-0.3, -0.25) is 4.79 Å². The summed E-state index contributed by atoms with van der Waals surface area (Å²) in [5.41, 5.74) is 2.70. The van der Waals surface area contributed by atoms with Crippen LogP contribution in [0.15, 0.2) is 42.0 Å². The number of pyridine rings is 1. The Morgan fingerprint density at radius 2 is 1.97 bits per heavy atom. The predicted octanol–water partition coefficient (Wildman–Crippen LogP) is 3.13. The van der Waals surface area contributed by atoms with Crippen molar-refractivity contribution in [1.82, 2.24) is 9.97 Å². The monoisotopic (exact) mass is 449 g/mol. The molecule has 0 atom stereocenters. The lowest BCUT2D eigenvalue weighted by Gasteiger charge is -2.09. The van der Waals surface area contributed by atoms with Crippen LogP contribution in [0.25, 0.3) is 0 Å². The number of thiazole rings is 1. The van der Waals surface area contributed by atoms with Crippen LogP contribution in [0, 0.1) is 0 Å². The van der Waals surface area contributed by atoms with E-state index in [9.17, 15) is 13.6 Å². The zero-order chi connectivity index (χ0) is 21.8.